The highest BCUT2D eigenvalue weighted by atomic mass is 32.2. The summed E-state index contributed by atoms with van der Waals surface area (Å²) in [7, 11) is 2.36. The molecule has 0 aromatic heterocycles. The normalized spacial score (nSPS) is 16.2. The fraction of sp³-hybridized carbons (Fsp3) is 0.235. The Bertz CT molecular complexity index is 866. The third-order valence-corrected chi connectivity index (χ3v) is 4.47. The van der Waals surface area contributed by atoms with E-state index in [0.717, 1.165) is 16.7 Å². The van der Waals surface area contributed by atoms with Gasteiger partial charge in [0, 0.05) is 5.56 Å². The van der Waals surface area contributed by atoms with E-state index in [1.54, 1.807) is 6.07 Å². The number of benzene rings is 2. The Hall–Kier alpha value is -2.18. The molecular weight excluding hydrogens is 310 g/mol. The van der Waals surface area contributed by atoms with Crippen molar-refractivity contribution in [3.05, 3.63) is 54.1 Å². The van der Waals surface area contributed by atoms with E-state index in [4.69, 9.17) is 0 Å². The molecule has 2 aromatic carbocycles. The van der Waals surface area contributed by atoms with Gasteiger partial charge in [0.2, 0.25) is 0 Å². The van der Waals surface area contributed by atoms with Crippen molar-refractivity contribution in [1.29, 1.82) is 0 Å². The number of anilines is 1. The molecule has 2 aromatic rings. The lowest BCUT2D eigenvalue weighted by Crippen LogP contribution is -2.41. The van der Waals surface area contributed by atoms with Crippen molar-refractivity contribution in [3.63, 3.8) is 0 Å². The van der Waals surface area contributed by atoms with Gasteiger partial charge in [0.1, 0.15) is 12.3 Å². The van der Waals surface area contributed by atoms with Gasteiger partial charge in [-0.1, -0.05) is 42.5 Å². The largest absolute Gasteiger partial charge is 0.342 e. The maximum absolute atomic E-state index is 12.1. The van der Waals surface area contributed by atoms with E-state index in [1.807, 2.05) is 63.6 Å². The van der Waals surface area contributed by atoms with Crippen molar-refractivity contribution in [3.8, 4) is 11.1 Å². The van der Waals surface area contributed by atoms with Crippen LogP contribution < -0.4 is 4.72 Å². The Morgan fingerprint density at radius 3 is 2.35 bits per heavy atom. The molecule has 23 heavy (non-hydrogen) atoms. The van der Waals surface area contributed by atoms with E-state index in [0.29, 0.717) is 22.4 Å². The van der Waals surface area contributed by atoms with Crippen molar-refractivity contribution in [2.24, 2.45) is 4.40 Å². The smallest absolute Gasteiger partial charge is 0.326 e. The van der Waals surface area contributed by atoms with Gasteiger partial charge in [0.05, 0.1) is 26.8 Å². The summed E-state index contributed by atoms with van der Waals surface area (Å²) in [5.74, 6) is 0. The summed E-state index contributed by atoms with van der Waals surface area (Å²) in [5.41, 5.74) is 4.06. The monoisotopic (exact) mass is 330 g/mol. The van der Waals surface area contributed by atoms with Crippen molar-refractivity contribution in [2.45, 2.75) is 0 Å². The highest BCUT2D eigenvalue weighted by Gasteiger charge is 2.28. The number of rotatable bonds is 3. The van der Waals surface area contributed by atoms with Gasteiger partial charge >= 0.3 is 10.2 Å². The van der Waals surface area contributed by atoms with E-state index >= 15 is 0 Å². The van der Waals surface area contributed by atoms with Crippen molar-refractivity contribution < 1.29 is 12.9 Å². The lowest BCUT2D eigenvalue weighted by molar-refractivity contribution is -0.860. The van der Waals surface area contributed by atoms with Crippen LogP contribution in [0.3, 0.4) is 0 Å². The van der Waals surface area contributed by atoms with Crippen LogP contribution in [0, 0.1) is 0 Å². The summed E-state index contributed by atoms with van der Waals surface area (Å²) in [6, 6.07) is 15.6. The van der Waals surface area contributed by atoms with Gasteiger partial charge in [-0.25, -0.2) is 0 Å². The number of nitrogens with one attached hydrogen (secondary N) is 1. The Morgan fingerprint density at radius 1 is 1.00 bits per heavy atom. The highest BCUT2D eigenvalue weighted by molar-refractivity contribution is 7.91. The molecule has 5 nitrogen and oxygen atoms in total. The molecular formula is C17H20N3O2S+. The van der Waals surface area contributed by atoms with Crippen LogP contribution in [0.4, 0.5) is 5.69 Å². The van der Waals surface area contributed by atoms with E-state index in [9.17, 15) is 8.42 Å². The van der Waals surface area contributed by atoms with Crippen LogP contribution in [0.1, 0.15) is 5.56 Å². The molecule has 3 rings (SSSR count). The number of fused-ring (bicyclic) bond motifs is 1. The Kier molecular flexibility index (Phi) is 3.74. The molecule has 0 fully saturated rings. The molecule has 0 atom stereocenters. The van der Waals surface area contributed by atoms with Gasteiger partial charge in [-0.2, -0.15) is 8.42 Å². The number of likely N-dealkylation sites (N-methyl/N-ethyl adjacent to an activating group) is 1. The van der Waals surface area contributed by atoms with Gasteiger partial charge < -0.3 is 4.48 Å². The summed E-state index contributed by atoms with van der Waals surface area (Å²) < 4.78 is 31.2. The first-order valence-electron chi connectivity index (χ1n) is 7.36. The molecule has 1 heterocycles. The molecule has 0 spiro atoms. The molecule has 1 N–H and O–H groups in total. The number of hydrogen-bond acceptors (Lipinski definition) is 2. The van der Waals surface area contributed by atoms with Gasteiger partial charge in [0.25, 0.3) is 0 Å². The molecule has 0 saturated heterocycles. The minimum atomic E-state index is -3.69. The van der Waals surface area contributed by atoms with Crippen LogP contribution in [0.15, 0.2) is 52.9 Å². The molecule has 6 heteroatoms. The fourth-order valence-corrected chi connectivity index (χ4v) is 3.65. The first kappa shape index (κ1) is 15.7. The molecule has 1 aliphatic rings. The Balaban J connectivity index is 2.23. The van der Waals surface area contributed by atoms with Crippen LogP contribution in [-0.4, -0.2) is 46.3 Å². The molecule has 120 valence electrons. The number of quaternary nitrogens is 1. The van der Waals surface area contributed by atoms with E-state index in [2.05, 4.69) is 9.12 Å². The molecule has 1 aliphatic heterocycles. The second-order valence-electron chi connectivity index (χ2n) is 6.66. The van der Waals surface area contributed by atoms with Crippen LogP contribution in [0.25, 0.3) is 11.1 Å². The zero-order valence-corrected chi connectivity index (χ0v) is 14.3. The Morgan fingerprint density at radius 2 is 1.70 bits per heavy atom. The predicted molar refractivity (Wildman–Crippen MR) is 93.9 cm³/mol. The lowest BCUT2D eigenvalue weighted by atomic mass is 9.94. The van der Waals surface area contributed by atoms with Gasteiger partial charge in [0.15, 0.2) is 0 Å². The standard InChI is InChI=1S/C17H20N3O2S/c1-20(2,3)12-16-17-14(13-8-5-4-6-9-13)10-7-11-15(17)18-23(21,22)19-16/h4-11,18H,12H2,1-3H3/q+1. The van der Waals surface area contributed by atoms with E-state index < -0.39 is 10.2 Å². The van der Waals surface area contributed by atoms with Crippen LogP contribution in [-0.2, 0) is 10.2 Å². The van der Waals surface area contributed by atoms with Crippen molar-refractivity contribution in [1.82, 2.24) is 0 Å². The van der Waals surface area contributed by atoms with Crippen LogP contribution >= 0.6 is 0 Å². The summed E-state index contributed by atoms with van der Waals surface area (Å²) in [4.78, 5) is 0. The summed E-state index contributed by atoms with van der Waals surface area (Å²) >= 11 is 0. The summed E-state index contributed by atoms with van der Waals surface area (Å²) in [5, 5.41) is 0. The second kappa shape index (κ2) is 5.47. The third kappa shape index (κ3) is 3.43. The van der Waals surface area contributed by atoms with Crippen LogP contribution in [0.5, 0.6) is 0 Å². The second-order valence-corrected chi connectivity index (χ2v) is 7.99. The average molecular weight is 330 g/mol. The number of nitrogens with zero attached hydrogens (tertiary/aromatic N) is 2. The van der Waals surface area contributed by atoms with E-state index in [-0.39, 0.29) is 0 Å². The summed E-state index contributed by atoms with van der Waals surface area (Å²) in [6.45, 7) is 0.526. The molecule has 0 aliphatic carbocycles. The highest BCUT2D eigenvalue weighted by Crippen LogP contribution is 2.33. The van der Waals surface area contributed by atoms with Gasteiger partial charge in [-0.15, -0.1) is 4.40 Å². The van der Waals surface area contributed by atoms with Gasteiger partial charge in [-0.05, 0) is 17.2 Å². The SMILES string of the molecule is C[N+](C)(C)CC1=NS(=O)(=O)Nc2cccc(-c3ccccc3)c21. The maximum Gasteiger partial charge on any atom is 0.342 e. The maximum atomic E-state index is 12.1. The fourth-order valence-electron chi connectivity index (χ4n) is 2.72. The molecule has 0 amide bonds. The predicted octanol–water partition coefficient (Wildman–Crippen LogP) is 2.52. The molecule has 0 unspecified atom stereocenters. The zero-order chi connectivity index (χ0) is 16.7. The zero-order valence-electron chi connectivity index (χ0n) is 13.4. The number of hydrogen-bond donors (Lipinski definition) is 1. The minimum absolute atomic E-state index is 0.526. The van der Waals surface area contributed by atoms with Gasteiger partial charge in [-0.3, -0.25) is 4.72 Å². The molecule has 0 bridgehead atoms. The third-order valence-electron chi connectivity index (χ3n) is 3.53. The molecule has 0 saturated carbocycles. The average Bonchev–Trinajstić information content (AvgIpc) is 2.44. The quantitative estimate of drug-likeness (QED) is 0.879. The van der Waals surface area contributed by atoms with E-state index in [1.165, 1.54) is 0 Å². The minimum Gasteiger partial charge on any atom is -0.326 e. The van der Waals surface area contributed by atoms with Crippen molar-refractivity contribution >= 4 is 21.6 Å². The lowest BCUT2D eigenvalue weighted by Gasteiger charge is -2.28. The van der Waals surface area contributed by atoms with Crippen molar-refractivity contribution in [2.75, 3.05) is 32.4 Å². The summed E-state index contributed by atoms with van der Waals surface area (Å²) in [6.07, 6.45) is 0. The van der Waals surface area contributed by atoms with Crippen LogP contribution in [0.2, 0.25) is 0 Å². The first-order valence-corrected chi connectivity index (χ1v) is 8.80. The topological polar surface area (TPSA) is 58.5 Å². The first-order chi connectivity index (χ1) is 10.8. The Labute approximate surface area is 137 Å². The molecule has 0 radical (unpaired) electrons.